The van der Waals surface area contributed by atoms with E-state index in [9.17, 15) is 0 Å². The minimum atomic E-state index is 0.799. The molecule has 0 radical (unpaired) electrons. The van der Waals surface area contributed by atoms with Crippen LogP contribution in [0.4, 0.5) is 0 Å². The van der Waals surface area contributed by atoms with E-state index in [1.54, 1.807) is 18.5 Å². The van der Waals surface area contributed by atoms with Gasteiger partial charge in [-0.2, -0.15) is 0 Å². The zero-order valence-electron chi connectivity index (χ0n) is 9.67. The molecular formula is C14H13N3. The molecule has 0 aliphatic heterocycles. The SMILES string of the molecule is C=C/C=C(\N=CC)c1ccc2ncccc2n1. The summed E-state index contributed by atoms with van der Waals surface area (Å²) in [5.74, 6) is 0. The van der Waals surface area contributed by atoms with Gasteiger partial charge in [-0.1, -0.05) is 12.7 Å². The van der Waals surface area contributed by atoms with E-state index >= 15 is 0 Å². The summed E-state index contributed by atoms with van der Waals surface area (Å²) >= 11 is 0. The molecule has 0 saturated heterocycles. The van der Waals surface area contributed by atoms with Gasteiger partial charge in [0.1, 0.15) is 0 Å². The molecule has 0 aliphatic rings. The molecule has 84 valence electrons. The highest BCUT2D eigenvalue weighted by Gasteiger charge is 2.02. The van der Waals surface area contributed by atoms with Gasteiger partial charge in [-0.3, -0.25) is 9.98 Å². The second-order valence-electron chi connectivity index (χ2n) is 3.41. The molecule has 0 spiro atoms. The molecule has 3 heteroatoms. The number of fused-ring (bicyclic) bond motifs is 1. The molecule has 2 aromatic heterocycles. The Balaban J connectivity index is 2.54. The van der Waals surface area contributed by atoms with Gasteiger partial charge >= 0.3 is 0 Å². The van der Waals surface area contributed by atoms with E-state index in [1.807, 2.05) is 37.3 Å². The Kier molecular flexibility index (Phi) is 3.40. The third-order valence-corrected chi connectivity index (χ3v) is 2.26. The number of hydrogen-bond donors (Lipinski definition) is 0. The van der Waals surface area contributed by atoms with Gasteiger partial charge in [0, 0.05) is 12.4 Å². The van der Waals surface area contributed by atoms with E-state index < -0.39 is 0 Å². The highest BCUT2D eigenvalue weighted by atomic mass is 14.8. The second-order valence-corrected chi connectivity index (χ2v) is 3.41. The first kappa shape index (κ1) is 11.2. The molecule has 0 unspecified atom stereocenters. The van der Waals surface area contributed by atoms with Gasteiger partial charge in [0.05, 0.1) is 22.4 Å². The minimum absolute atomic E-state index is 0.799. The Bertz CT molecular complexity index is 597. The molecule has 2 rings (SSSR count). The summed E-state index contributed by atoms with van der Waals surface area (Å²) < 4.78 is 0. The molecule has 2 aromatic rings. The second kappa shape index (κ2) is 5.16. The van der Waals surface area contributed by atoms with Crippen LogP contribution in [-0.2, 0) is 0 Å². The monoisotopic (exact) mass is 223 g/mol. The third kappa shape index (κ3) is 2.45. The Hall–Kier alpha value is -2.29. The maximum absolute atomic E-state index is 4.52. The van der Waals surface area contributed by atoms with E-state index in [0.717, 1.165) is 22.4 Å². The molecule has 2 heterocycles. The van der Waals surface area contributed by atoms with Gasteiger partial charge in [0.15, 0.2) is 0 Å². The summed E-state index contributed by atoms with van der Waals surface area (Å²) in [7, 11) is 0. The normalized spacial score (nSPS) is 12.2. The molecule has 0 aromatic carbocycles. The number of nitrogens with zero attached hydrogens (tertiary/aromatic N) is 3. The number of rotatable bonds is 3. The van der Waals surface area contributed by atoms with Crippen molar-refractivity contribution in [2.24, 2.45) is 4.99 Å². The average molecular weight is 223 g/mol. The molecule has 0 N–H and O–H groups in total. The fraction of sp³-hybridized carbons (Fsp3) is 0.0714. The summed E-state index contributed by atoms with van der Waals surface area (Å²) in [4.78, 5) is 13.0. The van der Waals surface area contributed by atoms with Crippen molar-refractivity contribution < 1.29 is 0 Å². The number of hydrogen-bond acceptors (Lipinski definition) is 3. The van der Waals surface area contributed by atoms with Crippen molar-refractivity contribution in [1.82, 2.24) is 9.97 Å². The van der Waals surface area contributed by atoms with Crippen molar-refractivity contribution in [1.29, 1.82) is 0 Å². The van der Waals surface area contributed by atoms with Gasteiger partial charge in [0.2, 0.25) is 0 Å². The van der Waals surface area contributed by atoms with Gasteiger partial charge in [-0.25, -0.2) is 4.98 Å². The summed E-state index contributed by atoms with van der Waals surface area (Å²) in [5.41, 5.74) is 3.37. The van der Waals surface area contributed by atoms with Crippen LogP contribution in [-0.4, -0.2) is 16.2 Å². The van der Waals surface area contributed by atoms with Gasteiger partial charge in [-0.05, 0) is 37.3 Å². The number of allylic oxidation sites excluding steroid dienone is 2. The van der Waals surface area contributed by atoms with Crippen molar-refractivity contribution in [3.8, 4) is 0 Å². The maximum atomic E-state index is 4.52. The van der Waals surface area contributed by atoms with Crippen LogP contribution in [0.2, 0.25) is 0 Å². The molecule has 0 saturated carbocycles. The van der Waals surface area contributed by atoms with E-state index in [0.29, 0.717) is 0 Å². The van der Waals surface area contributed by atoms with E-state index in [1.165, 1.54) is 0 Å². The van der Waals surface area contributed by atoms with Crippen LogP contribution in [0.1, 0.15) is 12.6 Å². The Morgan fingerprint density at radius 2 is 2.18 bits per heavy atom. The first-order valence-corrected chi connectivity index (χ1v) is 5.38. The predicted molar refractivity (Wildman–Crippen MR) is 71.9 cm³/mol. The van der Waals surface area contributed by atoms with Crippen LogP contribution < -0.4 is 0 Å². The van der Waals surface area contributed by atoms with Crippen molar-refractivity contribution in [2.45, 2.75) is 6.92 Å². The molecule has 0 aliphatic carbocycles. The predicted octanol–water partition coefficient (Wildman–Crippen LogP) is 3.25. The Morgan fingerprint density at radius 3 is 2.94 bits per heavy atom. The van der Waals surface area contributed by atoms with Crippen LogP contribution >= 0.6 is 0 Å². The summed E-state index contributed by atoms with van der Waals surface area (Å²) in [6.45, 7) is 5.55. The zero-order chi connectivity index (χ0) is 12.1. The lowest BCUT2D eigenvalue weighted by atomic mass is 10.2. The topological polar surface area (TPSA) is 38.1 Å². The number of pyridine rings is 2. The zero-order valence-corrected chi connectivity index (χ0v) is 9.67. The molecule has 17 heavy (non-hydrogen) atoms. The molecule has 0 amide bonds. The minimum Gasteiger partial charge on any atom is -0.259 e. The van der Waals surface area contributed by atoms with Gasteiger partial charge in [-0.15, -0.1) is 0 Å². The molecule has 0 bridgehead atoms. The summed E-state index contributed by atoms with van der Waals surface area (Å²) in [6, 6.07) is 7.67. The highest BCUT2D eigenvalue weighted by molar-refractivity contribution is 5.79. The summed E-state index contributed by atoms with van der Waals surface area (Å²) in [6.07, 6.45) is 7.04. The lowest BCUT2D eigenvalue weighted by molar-refractivity contribution is 1.28. The van der Waals surface area contributed by atoms with Crippen LogP contribution in [0.15, 0.2) is 54.2 Å². The lowest BCUT2D eigenvalue weighted by Gasteiger charge is -2.02. The molecule has 3 nitrogen and oxygen atoms in total. The lowest BCUT2D eigenvalue weighted by Crippen LogP contribution is -1.89. The largest absolute Gasteiger partial charge is 0.259 e. The van der Waals surface area contributed by atoms with Crippen molar-refractivity contribution in [3.63, 3.8) is 0 Å². The number of aromatic nitrogens is 2. The van der Waals surface area contributed by atoms with E-state index in [2.05, 4.69) is 21.5 Å². The molecule has 0 fully saturated rings. The molecule has 0 atom stereocenters. The fourth-order valence-electron chi connectivity index (χ4n) is 1.54. The van der Waals surface area contributed by atoms with Crippen LogP contribution in [0, 0.1) is 0 Å². The van der Waals surface area contributed by atoms with Crippen molar-refractivity contribution >= 4 is 22.9 Å². The Morgan fingerprint density at radius 1 is 1.29 bits per heavy atom. The van der Waals surface area contributed by atoms with E-state index in [-0.39, 0.29) is 0 Å². The Labute approximate surface area is 100 Å². The standard InChI is InChI=1S/C14H13N3/c1-3-6-11(15-4-2)14-9-8-12-13(17-14)7-5-10-16-12/h3-10H,1H2,2H3/b11-6-,15-4?. The van der Waals surface area contributed by atoms with Crippen LogP contribution in [0.3, 0.4) is 0 Å². The maximum Gasteiger partial charge on any atom is 0.0894 e. The average Bonchev–Trinajstić information content (AvgIpc) is 2.38. The highest BCUT2D eigenvalue weighted by Crippen LogP contribution is 2.17. The van der Waals surface area contributed by atoms with Crippen molar-refractivity contribution in [2.75, 3.05) is 0 Å². The molecular weight excluding hydrogens is 210 g/mol. The first-order valence-electron chi connectivity index (χ1n) is 5.38. The quantitative estimate of drug-likeness (QED) is 0.591. The van der Waals surface area contributed by atoms with Gasteiger partial charge in [0.25, 0.3) is 0 Å². The number of aliphatic imine (C=N–C) groups is 1. The van der Waals surface area contributed by atoms with Gasteiger partial charge < -0.3 is 0 Å². The summed E-state index contributed by atoms with van der Waals surface area (Å²) in [5, 5.41) is 0. The third-order valence-electron chi connectivity index (χ3n) is 2.26. The fourth-order valence-corrected chi connectivity index (χ4v) is 1.54. The van der Waals surface area contributed by atoms with Crippen molar-refractivity contribution in [3.05, 3.63) is 54.9 Å². The van der Waals surface area contributed by atoms with Crippen LogP contribution in [0.25, 0.3) is 16.7 Å². The smallest absolute Gasteiger partial charge is 0.0894 e. The first-order chi connectivity index (χ1) is 8.35. The van der Waals surface area contributed by atoms with E-state index in [4.69, 9.17) is 0 Å². The van der Waals surface area contributed by atoms with Crippen LogP contribution in [0.5, 0.6) is 0 Å².